The molecule has 0 atom stereocenters. The van der Waals surface area contributed by atoms with Crippen LogP contribution in [-0.2, 0) is 45.3 Å². The van der Waals surface area contributed by atoms with Gasteiger partial charge < -0.3 is 45.0 Å². The number of nitrogens with one attached hydrogen (secondary N) is 3. The van der Waals surface area contributed by atoms with E-state index in [1.165, 1.54) is 44.1 Å². The zero-order valence-electron chi connectivity index (χ0n) is 68.9. The Labute approximate surface area is 730 Å². The molecule has 4 amide bonds. The Kier molecular flexibility index (Phi) is 30.4. The third-order valence-corrected chi connectivity index (χ3v) is 26.3. The number of rotatable bonds is 23. The van der Waals surface area contributed by atoms with Crippen LogP contribution >= 0.6 is 46.4 Å². The first kappa shape index (κ1) is 88.9. The van der Waals surface area contributed by atoms with E-state index in [4.69, 9.17) is 55.9 Å². The number of amides is 4. The molecule has 9 aromatic carbocycles. The van der Waals surface area contributed by atoms with Gasteiger partial charge in [0.25, 0.3) is 0 Å². The molecule has 16 nitrogen and oxygen atoms in total. The van der Waals surface area contributed by atoms with Gasteiger partial charge in [-0.25, -0.2) is 8.78 Å². The van der Waals surface area contributed by atoms with Crippen LogP contribution in [0.25, 0.3) is 33.4 Å². The summed E-state index contributed by atoms with van der Waals surface area (Å²) in [6.45, 7) is 14.4. The molecule has 2 saturated carbocycles. The topological polar surface area (TPSA) is 207 Å². The predicted molar refractivity (Wildman–Crippen MR) is 477 cm³/mol. The molecule has 6 fully saturated rings. The van der Waals surface area contributed by atoms with E-state index in [-0.39, 0.29) is 54.4 Å². The van der Waals surface area contributed by atoms with E-state index >= 15 is 0 Å². The maximum Gasteiger partial charge on any atom is 0.250 e. The van der Waals surface area contributed by atoms with Gasteiger partial charge in [0.2, 0.25) is 23.6 Å². The lowest BCUT2D eigenvalue weighted by molar-refractivity contribution is -0.137. The molecule has 4 saturated heterocycles. The summed E-state index contributed by atoms with van der Waals surface area (Å²) in [5.74, 6) is 0.388. The molecule has 121 heavy (non-hydrogen) atoms. The highest BCUT2D eigenvalue weighted by molar-refractivity contribution is 6.35. The first-order valence-corrected chi connectivity index (χ1v) is 43.8. The number of hydrogen-bond acceptors (Lipinski definition) is 12. The van der Waals surface area contributed by atoms with Crippen molar-refractivity contribution in [1.82, 2.24) is 19.6 Å². The van der Waals surface area contributed by atoms with Crippen LogP contribution in [0.2, 0.25) is 20.1 Å². The maximum atomic E-state index is 13.6. The normalized spacial score (nSPS) is 18.5. The molecule has 9 aromatic rings. The van der Waals surface area contributed by atoms with Crippen molar-refractivity contribution in [3.63, 3.8) is 0 Å². The largest absolute Gasteiger partial charge is 0.360 e. The van der Waals surface area contributed by atoms with Gasteiger partial charge in [0.05, 0.1) is 46.1 Å². The minimum absolute atomic E-state index is 0.0738. The van der Waals surface area contributed by atoms with Crippen molar-refractivity contribution < 1.29 is 37.4 Å². The van der Waals surface area contributed by atoms with Crippen molar-refractivity contribution in [2.24, 2.45) is 17.8 Å². The van der Waals surface area contributed by atoms with Gasteiger partial charge in [-0.3, -0.25) is 19.2 Å². The Bertz CT molecular complexity index is 5160. The van der Waals surface area contributed by atoms with Gasteiger partial charge in [-0.05, 0) is 268 Å². The van der Waals surface area contributed by atoms with Gasteiger partial charge in [-0.15, -0.1) is 0 Å². The zero-order valence-corrected chi connectivity index (χ0v) is 71.9. The van der Waals surface area contributed by atoms with Crippen LogP contribution < -0.4 is 16.0 Å². The van der Waals surface area contributed by atoms with Crippen molar-refractivity contribution in [2.45, 2.75) is 152 Å². The number of halogens is 6. The van der Waals surface area contributed by atoms with Crippen LogP contribution in [0.15, 0.2) is 200 Å². The third kappa shape index (κ3) is 24.1. The van der Waals surface area contributed by atoms with Gasteiger partial charge in [-0.2, -0.15) is 15.8 Å². The summed E-state index contributed by atoms with van der Waals surface area (Å²) < 4.78 is 40.2. The van der Waals surface area contributed by atoms with Crippen molar-refractivity contribution in [1.29, 1.82) is 15.8 Å². The van der Waals surface area contributed by atoms with E-state index in [2.05, 4.69) is 136 Å². The van der Waals surface area contributed by atoms with Gasteiger partial charge >= 0.3 is 0 Å². The number of ether oxygens (including phenoxy) is 2. The van der Waals surface area contributed by atoms with Crippen molar-refractivity contribution in [3.05, 3.63) is 265 Å². The second-order valence-electron chi connectivity index (χ2n) is 33.6. The van der Waals surface area contributed by atoms with Crippen LogP contribution in [0.3, 0.4) is 0 Å². The number of anilines is 3. The second kappa shape index (κ2) is 41.3. The predicted octanol–water partition coefficient (Wildman–Crippen LogP) is 21.8. The maximum absolute atomic E-state index is 13.6. The van der Waals surface area contributed by atoms with E-state index < -0.39 is 22.8 Å². The fourth-order valence-electron chi connectivity index (χ4n) is 18.2. The number of carbonyl (C=O) groups is 4. The molecule has 4 aliphatic heterocycles. The van der Waals surface area contributed by atoms with E-state index in [0.29, 0.717) is 66.7 Å². The Morgan fingerprint density at radius 1 is 0.438 bits per heavy atom. The van der Waals surface area contributed by atoms with Gasteiger partial charge in [0.15, 0.2) is 0 Å². The monoisotopic (exact) mass is 1710 g/mol. The fraction of sp³-hybridized carbons (Fsp3) is 0.384. The molecule has 0 radical (unpaired) electrons. The SMILES string of the molecule is CC(=O)N1CCC(N2CCC(OCC(=O)Nc3cc(Cl)cc(Cl)c3)(c3ccc(-c4cccc(C#N)c4)cc3)CC2)CC1.CC(C)C1CCC(N2CCC(OCC(=O)Nc3cc(Cl)cc(Cl)c3)(c3ccc(-c4cccc(C#N)c4)cc3)CC2)CC1.N#Cc1cccc(-c2ccc(C3(CCC(=O)Nc4cc(F)cc(F)c4)CCN(CC4CC4)CC3)cc2)c1. The standard InChI is InChI=1S/C35H39Cl2N3O2.C33H34Cl2N4O3.C31H31F2N3O/c1-24(2)26-8-12-33(13-9-26)40-16-14-35(15-17-40,42-23-34(41)39-32-20-30(36)19-31(37)21-32)29-10-6-27(7-11-29)28-5-3-4-25(18-28)22-38;1-23(40)38-13-9-31(10-14-38)39-15-11-33(12-16-39,42-22-32(41)37-30-19-28(34)18-29(35)20-30)27-7-5-25(6-8-27)26-4-2-3-24(17-26)21-36;32-27-17-28(33)19-29(18-27)35-30(37)10-11-31(12-14-36(15-13-31)21-22-4-5-22)26-8-6-24(7-9-26)25-3-1-2-23(16-25)20-34/h3-7,10-11,18-21,24,26,33H,8-9,12-17,23H2,1-2H3,(H,39,41);2-8,17-20,31H,9-16,22H2,1H3,(H,37,41);1-3,6-9,16-19,22H,4-5,10-15,21H2,(H,35,37). The molecule has 2 aliphatic carbocycles. The smallest absolute Gasteiger partial charge is 0.250 e. The van der Waals surface area contributed by atoms with Gasteiger partial charge in [0, 0.05) is 114 Å². The molecule has 15 rings (SSSR count). The molecule has 22 heteroatoms. The summed E-state index contributed by atoms with van der Waals surface area (Å²) in [7, 11) is 0. The summed E-state index contributed by atoms with van der Waals surface area (Å²) in [6.07, 6.45) is 15.7. The van der Waals surface area contributed by atoms with E-state index in [1.807, 2.05) is 65.6 Å². The Morgan fingerprint density at radius 3 is 1.20 bits per heavy atom. The first-order chi connectivity index (χ1) is 58.4. The lowest BCUT2D eigenvalue weighted by Gasteiger charge is -2.46. The lowest BCUT2D eigenvalue weighted by Crippen LogP contribution is -2.52. The van der Waals surface area contributed by atoms with E-state index in [9.17, 15) is 43.7 Å². The highest BCUT2D eigenvalue weighted by Gasteiger charge is 2.43. The van der Waals surface area contributed by atoms with Crippen molar-refractivity contribution >= 4 is 87.1 Å². The van der Waals surface area contributed by atoms with Crippen LogP contribution in [0.4, 0.5) is 25.8 Å². The Morgan fingerprint density at radius 2 is 0.818 bits per heavy atom. The number of piperidine rings is 4. The fourth-order valence-corrected chi connectivity index (χ4v) is 19.3. The van der Waals surface area contributed by atoms with E-state index in [0.717, 1.165) is 191 Å². The average Bonchev–Trinajstić information content (AvgIpc) is 1.73. The molecule has 0 bridgehead atoms. The van der Waals surface area contributed by atoms with Crippen LogP contribution in [-0.4, -0.2) is 127 Å². The minimum Gasteiger partial charge on any atom is -0.360 e. The number of hydrogen-bond donors (Lipinski definition) is 3. The molecule has 4 heterocycles. The highest BCUT2D eigenvalue weighted by Crippen LogP contribution is 2.45. The molecule has 0 aromatic heterocycles. The van der Waals surface area contributed by atoms with Crippen molar-refractivity contribution in [3.8, 4) is 51.6 Å². The molecule has 628 valence electrons. The number of carbonyl (C=O) groups excluding carboxylic acids is 4. The van der Waals surface area contributed by atoms with E-state index in [1.54, 1.807) is 55.5 Å². The number of likely N-dealkylation sites (tertiary alicyclic amines) is 4. The molecule has 3 N–H and O–H groups in total. The molecular formula is C99H104Cl4F2N10O6. The summed E-state index contributed by atoms with van der Waals surface area (Å²) in [4.78, 5) is 60.1. The Balaban J connectivity index is 0.000000157. The minimum atomic E-state index is -0.713. The summed E-state index contributed by atoms with van der Waals surface area (Å²) in [6, 6.07) is 68.6. The second-order valence-corrected chi connectivity index (χ2v) is 35.4. The van der Waals surface area contributed by atoms with Gasteiger partial charge in [-0.1, -0.05) is 169 Å². The average molecular weight is 1710 g/mol. The molecule has 6 aliphatic rings. The Hall–Kier alpha value is -9.85. The van der Waals surface area contributed by atoms with Crippen LogP contribution in [0.5, 0.6) is 0 Å². The number of nitriles is 3. The summed E-state index contributed by atoms with van der Waals surface area (Å²) >= 11 is 24.4. The summed E-state index contributed by atoms with van der Waals surface area (Å²) in [5, 5.41) is 38.0. The zero-order chi connectivity index (χ0) is 85.2. The van der Waals surface area contributed by atoms with Crippen molar-refractivity contribution in [2.75, 3.05) is 88.1 Å². The molecule has 0 unspecified atom stereocenters. The number of benzene rings is 9. The molecular weight excluding hydrogens is 1600 g/mol. The lowest BCUT2D eigenvalue weighted by atomic mass is 9.69. The quantitative estimate of drug-likeness (QED) is 0.0547. The van der Waals surface area contributed by atoms with Crippen LogP contribution in [0.1, 0.15) is 157 Å². The molecule has 0 spiro atoms. The first-order valence-electron chi connectivity index (χ1n) is 42.3. The van der Waals surface area contributed by atoms with Gasteiger partial charge in [0.1, 0.15) is 24.8 Å². The van der Waals surface area contributed by atoms with Crippen LogP contribution in [0, 0.1) is 63.4 Å². The summed E-state index contributed by atoms with van der Waals surface area (Å²) in [5.41, 5.74) is 11.1. The third-order valence-electron chi connectivity index (χ3n) is 25.4. The number of nitrogens with zero attached hydrogens (tertiary/aromatic N) is 7. The highest BCUT2D eigenvalue weighted by atomic mass is 35.5.